The molecule has 3 fully saturated rings. The second-order valence-corrected chi connectivity index (χ2v) is 17.0. The van der Waals surface area contributed by atoms with Crippen LogP contribution in [0.1, 0.15) is 54.9 Å². The van der Waals surface area contributed by atoms with Crippen molar-refractivity contribution in [3.05, 3.63) is 130 Å². The number of hydrogen-bond acceptors (Lipinski definition) is 9. The number of nitrogens with one attached hydrogen (secondary N) is 3. The first-order valence-electron chi connectivity index (χ1n) is 21.8. The average molecular weight is 828 g/mol. The van der Waals surface area contributed by atoms with Gasteiger partial charge in [-0.2, -0.15) is 0 Å². The van der Waals surface area contributed by atoms with E-state index in [1.165, 1.54) is 23.3 Å². The van der Waals surface area contributed by atoms with Crippen LogP contribution in [0, 0.1) is 17.8 Å². The van der Waals surface area contributed by atoms with Crippen LogP contribution in [0.15, 0.2) is 108 Å². The molecule has 0 spiro atoms. The molecule has 2 heterocycles. The third-order valence-electron chi connectivity index (χ3n) is 12.4. The molecule has 5 aromatic rings. The third-order valence-corrected chi connectivity index (χ3v) is 12.4. The van der Waals surface area contributed by atoms with Crippen LogP contribution in [0.4, 0.5) is 10.5 Å². The van der Waals surface area contributed by atoms with Gasteiger partial charge in [0.15, 0.2) is 0 Å². The van der Waals surface area contributed by atoms with E-state index in [1.807, 2.05) is 59.5 Å². The number of ether oxygens (including phenoxy) is 2. The second-order valence-electron chi connectivity index (χ2n) is 17.0. The number of nitrogens with zero attached hydrogens (tertiary/aromatic N) is 2. The van der Waals surface area contributed by atoms with Gasteiger partial charge in [0.25, 0.3) is 0 Å². The first kappa shape index (κ1) is 42.2. The van der Waals surface area contributed by atoms with Crippen molar-refractivity contribution in [2.24, 2.45) is 17.8 Å². The van der Waals surface area contributed by atoms with E-state index >= 15 is 0 Å². The van der Waals surface area contributed by atoms with E-state index in [9.17, 15) is 24.6 Å². The Labute approximate surface area is 356 Å². The Kier molecular flexibility index (Phi) is 13.8. The molecule has 1 aromatic heterocycles. The molecular formula is C49H57N5O7. The molecule has 2 amide bonds. The summed E-state index contributed by atoms with van der Waals surface area (Å²) >= 11 is 0. The van der Waals surface area contributed by atoms with Gasteiger partial charge in [0, 0.05) is 62.8 Å². The lowest BCUT2D eigenvalue weighted by Crippen LogP contribution is -2.39. The summed E-state index contributed by atoms with van der Waals surface area (Å²) in [6.07, 6.45) is 3.83. The summed E-state index contributed by atoms with van der Waals surface area (Å²) in [7, 11) is 0. The quantitative estimate of drug-likeness (QED) is 0.0561. The largest absolute Gasteiger partial charge is 0.506 e. The number of phenols is 1. The molecule has 1 aliphatic heterocycles. The van der Waals surface area contributed by atoms with Crippen LogP contribution in [0.25, 0.3) is 22.0 Å². The number of pyridine rings is 1. The predicted octanol–water partition coefficient (Wildman–Crippen LogP) is 6.87. The highest BCUT2D eigenvalue weighted by Gasteiger charge is 2.42. The summed E-state index contributed by atoms with van der Waals surface area (Å²) in [5, 5.41) is 27.9. The van der Waals surface area contributed by atoms with Crippen molar-refractivity contribution in [2.45, 2.75) is 57.3 Å². The average Bonchev–Trinajstić information content (AvgIpc) is 3.90. The minimum atomic E-state index is -0.859. The Morgan fingerprint density at radius 1 is 0.885 bits per heavy atom. The third kappa shape index (κ3) is 11.2. The van der Waals surface area contributed by atoms with E-state index in [4.69, 9.17) is 9.47 Å². The predicted molar refractivity (Wildman–Crippen MR) is 236 cm³/mol. The van der Waals surface area contributed by atoms with Crippen LogP contribution in [0.2, 0.25) is 0 Å². The number of amides is 2. The number of fused-ring (bicyclic) bond motifs is 2. The molecule has 2 saturated carbocycles. The number of aliphatic hydroxyl groups excluding tert-OH is 1. The highest BCUT2D eigenvalue weighted by molar-refractivity contribution is 5.91. The summed E-state index contributed by atoms with van der Waals surface area (Å²) in [5.74, 6) is 1.61. The fraction of sp³-hybridized carbons (Fsp3) is 0.408. The van der Waals surface area contributed by atoms with Crippen molar-refractivity contribution in [3.8, 4) is 16.9 Å². The Hall–Kier alpha value is -5.53. The molecule has 2 aliphatic carbocycles. The highest BCUT2D eigenvalue weighted by atomic mass is 16.6. The maximum absolute atomic E-state index is 13.3. The molecule has 4 aromatic carbocycles. The van der Waals surface area contributed by atoms with Crippen LogP contribution in [0.5, 0.6) is 5.75 Å². The van der Waals surface area contributed by atoms with Crippen LogP contribution in [-0.4, -0.2) is 95.6 Å². The number of benzene rings is 4. The zero-order chi connectivity index (χ0) is 42.1. The topological polar surface area (TPSA) is 156 Å². The molecule has 3 aliphatic rings. The number of rotatable bonds is 19. The summed E-state index contributed by atoms with van der Waals surface area (Å²) in [6.45, 7) is 5.86. The Bertz CT molecular complexity index is 2320. The number of para-hydroxylation sites is 1. The number of aliphatic hydroxyl groups is 1. The van der Waals surface area contributed by atoms with E-state index in [0.29, 0.717) is 66.9 Å². The zero-order valence-corrected chi connectivity index (χ0v) is 34.6. The molecule has 1 saturated heterocycles. The van der Waals surface area contributed by atoms with Gasteiger partial charge in [-0.15, -0.1) is 0 Å². The minimum absolute atomic E-state index is 0.0470. The van der Waals surface area contributed by atoms with E-state index in [2.05, 4.69) is 44.8 Å². The lowest BCUT2D eigenvalue weighted by atomic mass is 10.0. The number of phenolic OH excluding ortho intramolecular Hbond substituents is 1. The maximum atomic E-state index is 13.3. The molecule has 12 heteroatoms. The van der Waals surface area contributed by atoms with E-state index in [1.54, 1.807) is 12.1 Å². The Balaban J connectivity index is 0.721. The number of likely N-dealkylation sites (tertiary alicyclic amines) is 1. The molecule has 8 rings (SSSR count). The van der Waals surface area contributed by atoms with Crippen LogP contribution >= 0.6 is 0 Å². The molecule has 4 atom stereocenters. The van der Waals surface area contributed by atoms with Gasteiger partial charge in [0.1, 0.15) is 11.9 Å². The van der Waals surface area contributed by atoms with Crippen molar-refractivity contribution in [3.63, 3.8) is 0 Å². The molecule has 0 unspecified atom stereocenters. The van der Waals surface area contributed by atoms with Crippen LogP contribution in [-0.2, 0) is 27.2 Å². The van der Waals surface area contributed by atoms with Crippen molar-refractivity contribution in [1.29, 1.82) is 0 Å². The molecule has 12 nitrogen and oxygen atoms in total. The fourth-order valence-electron chi connectivity index (χ4n) is 9.11. The molecular weight excluding hydrogens is 771 g/mol. The number of carbonyl (C=O) groups excluding carboxylic acids is 2. The van der Waals surface area contributed by atoms with Gasteiger partial charge >= 0.3 is 6.09 Å². The fourth-order valence-corrected chi connectivity index (χ4v) is 9.11. The van der Waals surface area contributed by atoms with Gasteiger partial charge < -0.3 is 34.9 Å². The summed E-state index contributed by atoms with van der Waals surface area (Å²) in [5.41, 5.74) is 5.84. The van der Waals surface area contributed by atoms with E-state index in [0.717, 1.165) is 75.1 Å². The van der Waals surface area contributed by atoms with Crippen molar-refractivity contribution < 1.29 is 29.3 Å². The van der Waals surface area contributed by atoms with Gasteiger partial charge in [-0.1, -0.05) is 78.9 Å². The number of carbonyl (C=O) groups is 2. The molecule has 320 valence electrons. The number of anilines is 1. The monoisotopic (exact) mass is 827 g/mol. The Morgan fingerprint density at radius 3 is 2.46 bits per heavy atom. The Morgan fingerprint density at radius 2 is 1.66 bits per heavy atom. The smallest absolute Gasteiger partial charge is 0.411 e. The SMILES string of the molecule is O=C(Nc1ccccc1-c1ccccc1)O[C@H]1C[C@@H]2CN(Cc3cccc(CCOCCC(=O)N(CCNC[C@H](O)c4ccc(O)c5[nH]c(=O)ccc45)CC4CC4)c3)C[C@@H]2C1. The van der Waals surface area contributed by atoms with E-state index in [-0.39, 0.29) is 29.9 Å². The van der Waals surface area contributed by atoms with Gasteiger partial charge in [0.2, 0.25) is 11.5 Å². The molecule has 5 N–H and O–H groups in total. The minimum Gasteiger partial charge on any atom is -0.506 e. The zero-order valence-electron chi connectivity index (χ0n) is 34.6. The van der Waals surface area contributed by atoms with Crippen molar-refractivity contribution >= 4 is 28.6 Å². The number of H-pyrrole nitrogens is 1. The normalized spacial score (nSPS) is 19.1. The number of aromatic hydroxyl groups is 1. The lowest BCUT2D eigenvalue weighted by Gasteiger charge is -2.23. The number of aromatic amines is 1. The summed E-state index contributed by atoms with van der Waals surface area (Å²) < 4.78 is 11.9. The summed E-state index contributed by atoms with van der Waals surface area (Å²) in [4.78, 5) is 45.0. The van der Waals surface area contributed by atoms with Gasteiger partial charge in [0.05, 0.1) is 36.9 Å². The van der Waals surface area contributed by atoms with Gasteiger partial charge in [-0.25, -0.2) is 4.79 Å². The van der Waals surface area contributed by atoms with E-state index < -0.39 is 12.2 Å². The number of aromatic nitrogens is 1. The molecule has 61 heavy (non-hydrogen) atoms. The van der Waals surface area contributed by atoms with Gasteiger partial charge in [-0.3, -0.25) is 19.8 Å². The molecule has 0 radical (unpaired) electrons. The van der Waals surface area contributed by atoms with Crippen LogP contribution in [0.3, 0.4) is 0 Å². The second kappa shape index (κ2) is 19.9. The first-order valence-corrected chi connectivity index (χ1v) is 21.8. The number of hydrogen-bond donors (Lipinski definition) is 5. The van der Waals surface area contributed by atoms with Crippen LogP contribution < -0.4 is 16.2 Å². The maximum Gasteiger partial charge on any atom is 0.411 e. The van der Waals surface area contributed by atoms with Crippen molar-refractivity contribution in [2.75, 3.05) is 57.8 Å². The summed E-state index contributed by atoms with van der Waals surface area (Å²) in [6, 6.07) is 32.6. The highest BCUT2D eigenvalue weighted by Crippen LogP contribution is 2.40. The van der Waals surface area contributed by atoms with Crippen molar-refractivity contribution in [1.82, 2.24) is 20.1 Å². The van der Waals surface area contributed by atoms with Gasteiger partial charge in [-0.05, 0) is 90.3 Å². The molecule has 0 bridgehead atoms. The first-order chi connectivity index (χ1) is 29.8. The standard InChI is InChI=1S/C49H57N5O7/c55-44-17-15-41(42-16-18-46(57)52-48(42)44)45(56)28-50-21-22-54(30-34-13-14-34)47(58)20-24-60-23-19-33-7-6-8-35(25-33)29-53-31-37-26-39(27-38(37)32-53)61-49(59)51-43-12-5-4-11-40(43)36-9-2-1-3-10-36/h1-12,15-18,25,34,37-39,45,50,55-56H,13-14,19-24,26-32H2,(H,51,59)(H,52,57)/t37-,38+,39+,45-/m0/s1. The lowest BCUT2D eigenvalue weighted by molar-refractivity contribution is -0.132.